The standard InChI is InChI=1S/C24H23Si/c1-17-10-4-7-13-20(17)23(21-14-8-5-11-18(21)2)16-24(25)22-15-9-6-12-19(22)3/h4-16,24H,1-3H3. The number of aryl methyl sites for hydroxylation is 3. The normalized spacial score (nSPS) is 11.8. The fourth-order valence-electron chi connectivity index (χ4n) is 3.27. The molecule has 1 atom stereocenters. The van der Waals surface area contributed by atoms with Crippen LogP contribution in [0.2, 0.25) is 0 Å². The number of allylic oxidation sites excluding steroid dienone is 1. The second-order valence-electron chi connectivity index (χ2n) is 6.54. The van der Waals surface area contributed by atoms with E-state index in [0.29, 0.717) is 0 Å². The Labute approximate surface area is 154 Å². The molecule has 3 rings (SSSR count). The zero-order valence-electron chi connectivity index (χ0n) is 15.1. The lowest BCUT2D eigenvalue weighted by Gasteiger charge is -2.18. The van der Waals surface area contributed by atoms with Gasteiger partial charge < -0.3 is 0 Å². The van der Waals surface area contributed by atoms with Crippen molar-refractivity contribution in [1.82, 2.24) is 0 Å². The highest BCUT2D eigenvalue weighted by Gasteiger charge is 2.13. The van der Waals surface area contributed by atoms with E-state index in [2.05, 4.69) is 110 Å². The van der Waals surface area contributed by atoms with Crippen molar-refractivity contribution in [2.45, 2.75) is 26.3 Å². The van der Waals surface area contributed by atoms with Crippen molar-refractivity contribution in [1.29, 1.82) is 0 Å². The lowest BCUT2D eigenvalue weighted by Crippen LogP contribution is -2.01. The fraction of sp³-hybridized carbons (Fsp3) is 0.167. The molecule has 0 heterocycles. The Hall–Kier alpha value is -2.38. The van der Waals surface area contributed by atoms with E-state index < -0.39 is 0 Å². The number of rotatable bonds is 4. The van der Waals surface area contributed by atoms with Gasteiger partial charge in [-0.15, -0.1) is 0 Å². The number of benzene rings is 3. The first-order valence-electron chi connectivity index (χ1n) is 8.68. The first-order valence-corrected chi connectivity index (χ1v) is 9.26. The predicted octanol–water partition coefficient (Wildman–Crippen LogP) is 5.95. The minimum Gasteiger partial charge on any atom is -0.0721 e. The van der Waals surface area contributed by atoms with Crippen LogP contribution in [0.4, 0.5) is 0 Å². The minimum absolute atomic E-state index is 0.162. The van der Waals surface area contributed by atoms with Crippen LogP contribution in [0.15, 0.2) is 78.9 Å². The van der Waals surface area contributed by atoms with Gasteiger partial charge in [0.15, 0.2) is 0 Å². The molecule has 0 saturated heterocycles. The maximum absolute atomic E-state index is 3.96. The Bertz CT molecular complexity index is 858. The summed E-state index contributed by atoms with van der Waals surface area (Å²) in [6.45, 7) is 6.52. The van der Waals surface area contributed by atoms with Crippen molar-refractivity contribution in [3.63, 3.8) is 0 Å². The molecule has 0 aliphatic heterocycles. The summed E-state index contributed by atoms with van der Waals surface area (Å²) in [6, 6.07) is 25.8. The van der Waals surface area contributed by atoms with E-state index in [9.17, 15) is 0 Å². The molecule has 123 valence electrons. The quantitative estimate of drug-likeness (QED) is 0.515. The largest absolute Gasteiger partial charge is 0.0721 e. The topological polar surface area (TPSA) is 0 Å². The molecule has 0 spiro atoms. The molecule has 0 aliphatic carbocycles. The smallest absolute Gasteiger partial charge is 0.0388 e. The zero-order valence-corrected chi connectivity index (χ0v) is 16.1. The Morgan fingerprint density at radius 1 is 0.680 bits per heavy atom. The van der Waals surface area contributed by atoms with Gasteiger partial charge in [0.25, 0.3) is 0 Å². The van der Waals surface area contributed by atoms with E-state index in [1.807, 2.05) is 0 Å². The molecule has 3 aromatic carbocycles. The average molecular weight is 340 g/mol. The van der Waals surface area contributed by atoms with Crippen LogP contribution in [0.3, 0.4) is 0 Å². The average Bonchev–Trinajstić information content (AvgIpc) is 2.61. The molecule has 1 heteroatoms. The van der Waals surface area contributed by atoms with Crippen LogP contribution in [-0.2, 0) is 0 Å². The third-order valence-corrected chi connectivity index (χ3v) is 5.21. The summed E-state index contributed by atoms with van der Waals surface area (Å²) < 4.78 is 0. The van der Waals surface area contributed by atoms with Gasteiger partial charge in [0.1, 0.15) is 0 Å². The molecule has 0 N–H and O–H groups in total. The Morgan fingerprint density at radius 2 is 1.12 bits per heavy atom. The summed E-state index contributed by atoms with van der Waals surface area (Å²) in [6.07, 6.45) is 2.34. The van der Waals surface area contributed by atoms with E-state index in [-0.39, 0.29) is 5.54 Å². The van der Waals surface area contributed by atoms with Crippen molar-refractivity contribution < 1.29 is 0 Å². The van der Waals surface area contributed by atoms with Crippen molar-refractivity contribution in [2.75, 3.05) is 0 Å². The maximum Gasteiger partial charge on any atom is 0.0388 e. The van der Waals surface area contributed by atoms with Gasteiger partial charge >= 0.3 is 0 Å². The molecule has 0 saturated carbocycles. The van der Waals surface area contributed by atoms with Gasteiger partial charge in [-0.3, -0.25) is 0 Å². The summed E-state index contributed by atoms with van der Waals surface area (Å²) >= 11 is 0. The highest BCUT2D eigenvalue weighted by Crippen LogP contribution is 2.31. The molecular weight excluding hydrogens is 316 g/mol. The Morgan fingerprint density at radius 3 is 1.60 bits per heavy atom. The maximum atomic E-state index is 3.96. The van der Waals surface area contributed by atoms with Crippen LogP contribution in [0.1, 0.15) is 38.9 Å². The molecular formula is C24H23Si. The van der Waals surface area contributed by atoms with Crippen molar-refractivity contribution >= 4 is 15.8 Å². The third kappa shape index (κ3) is 3.83. The Kier molecular flexibility index (Phi) is 5.35. The first-order chi connectivity index (χ1) is 12.1. The predicted molar refractivity (Wildman–Crippen MR) is 109 cm³/mol. The van der Waals surface area contributed by atoms with Gasteiger partial charge in [-0.1, -0.05) is 78.9 Å². The van der Waals surface area contributed by atoms with Crippen molar-refractivity contribution in [3.05, 3.63) is 112 Å². The van der Waals surface area contributed by atoms with Crippen molar-refractivity contribution in [2.24, 2.45) is 0 Å². The minimum atomic E-state index is 0.162. The first kappa shape index (κ1) is 17.4. The fourth-order valence-corrected chi connectivity index (χ4v) is 3.76. The highest BCUT2D eigenvalue weighted by molar-refractivity contribution is 6.14. The molecule has 0 bridgehead atoms. The molecule has 3 radical (unpaired) electrons. The van der Waals surface area contributed by atoms with Gasteiger partial charge in [-0.25, -0.2) is 0 Å². The van der Waals surface area contributed by atoms with E-state index in [1.165, 1.54) is 39.0 Å². The monoisotopic (exact) mass is 339 g/mol. The Balaban J connectivity index is 2.17. The van der Waals surface area contributed by atoms with Crippen LogP contribution >= 0.6 is 0 Å². The van der Waals surface area contributed by atoms with E-state index in [4.69, 9.17) is 0 Å². The van der Waals surface area contributed by atoms with Gasteiger partial charge in [0.2, 0.25) is 0 Å². The van der Waals surface area contributed by atoms with Crippen molar-refractivity contribution in [3.8, 4) is 0 Å². The summed E-state index contributed by atoms with van der Waals surface area (Å²) in [7, 11) is 3.96. The van der Waals surface area contributed by atoms with Gasteiger partial charge in [-0.05, 0) is 65.3 Å². The van der Waals surface area contributed by atoms with E-state index in [1.54, 1.807) is 0 Å². The van der Waals surface area contributed by atoms with Crippen LogP contribution in [0.25, 0.3) is 5.57 Å². The van der Waals surface area contributed by atoms with E-state index >= 15 is 0 Å². The van der Waals surface area contributed by atoms with Gasteiger partial charge in [-0.2, -0.15) is 0 Å². The molecule has 3 aromatic rings. The van der Waals surface area contributed by atoms with Crippen LogP contribution < -0.4 is 0 Å². The van der Waals surface area contributed by atoms with Crippen LogP contribution in [0.5, 0.6) is 0 Å². The van der Waals surface area contributed by atoms with Crippen LogP contribution in [-0.4, -0.2) is 10.2 Å². The van der Waals surface area contributed by atoms with Crippen LogP contribution in [0, 0.1) is 20.8 Å². The summed E-state index contributed by atoms with van der Waals surface area (Å²) in [5, 5.41) is 0. The van der Waals surface area contributed by atoms with Gasteiger partial charge in [0, 0.05) is 10.2 Å². The third-order valence-electron chi connectivity index (χ3n) is 4.73. The zero-order chi connectivity index (χ0) is 17.8. The molecule has 0 aromatic heterocycles. The highest BCUT2D eigenvalue weighted by atomic mass is 28.1. The molecule has 0 nitrogen and oxygen atoms in total. The summed E-state index contributed by atoms with van der Waals surface area (Å²) in [4.78, 5) is 0. The summed E-state index contributed by atoms with van der Waals surface area (Å²) in [5.74, 6) is 0. The lowest BCUT2D eigenvalue weighted by molar-refractivity contribution is 1.16. The summed E-state index contributed by atoms with van der Waals surface area (Å²) in [5.41, 5.74) is 9.20. The molecule has 0 amide bonds. The molecule has 0 aliphatic rings. The molecule has 1 unspecified atom stereocenters. The number of hydrogen-bond acceptors (Lipinski definition) is 0. The van der Waals surface area contributed by atoms with Gasteiger partial charge in [0.05, 0.1) is 0 Å². The number of hydrogen-bond donors (Lipinski definition) is 0. The second-order valence-corrected chi connectivity index (χ2v) is 7.17. The molecule has 25 heavy (non-hydrogen) atoms. The second kappa shape index (κ2) is 7.67. The SMILES string of the molecule is Cc1ccccc1C(=CC([Si])c1ccccc1C)c1ccccc1C. The molecule has 0 fully saturated rings. The van der Waals surface area contributed by atoms with E-state index in [0.717, 1.165) is 0 Å². The lowest BCUT2D eigenvalue weighted by atomic mass is 9.90.